The summed E-state index contributed by atoms with van der Waals surface area (Å²) >= 11 is 12.3. The van der Waals surface area contributed by atoms with E-state index in [1.165, 1.54) is 0 Å². The third-order valence-corrected chi connectivity index (χ3v) is 5.09. The average Bonchev–Trinajstić information content (AvgIpc) is 2.61. The maximum atomic E-state index is 12.1. The summed E-state index contributed by atoms with van der Waals surface area (Å²) in [5.74, 6) is 0.732. The molecule has 0 saturated heterocycles. The molecule has 0 saturated carbocycles. The van der Waals surface area contributed by atoms with Crippen molar-refractivity contribution in [2.24, 2.45) is 0 Å². The van der Waals surface area contributed by atoms with Crippen LogP contribution in [0.15, 0.2) is 45.6 Å². The van der Waals surface area contributed by atoms with Crippen LogP contribution in [0, 0.1) is 0 Å². The Morgan fingerprint density at radius 3 is 2.77 bits per heavy atom. The van der Waals surface area contributed by atoms with E-state index in [0.717, 1.165) is 40.8 Å². The number of hydrogen-bond donors (Lipinski definition) is 0. The first-order valence-corrected chi connectivity index (χ1v) is 9.24. The molecule has 4 nitrogen and oxygen atoms in total. The van der Waals surface area contributed by atoms with E-state index < -0.39 is 0 Å². The highest BCUT2D eigenvalue weighted by Crippen LogP contribution is 2.37. The van der Waals surface area contributed by atoms with E-state index in [1.54, 1.807) is 18.2 Å². The van der Waals surface area contributed by atoms with Crippen molar-refractivity contribution in [1.82, 2.24) is 0 Å². The molecule has 0 bridgehead atoms. The molecular formula is C20H17Cl2NO3. The van der Waals surface area contributed by atoms with E-state index in [9.17, 15) is 4.79 Å². The van der Waals surface area contributed by atoms with Gasteiger partial charge in [-0.3, -0.25) is 0 Å². The summed E-state index contributed by atoms with van der Waals surface area (Å²) in [7, 11) is 0. The van der Waals surface area contributed by atoms with Gasteiger partial charge in [0.2, 0.25) is 0 Å². The van der Waals surface area contributed by atoms with E-state index in [2.05, 4.69) is 6.92 Å². The number of ether oxygens (including phenoxy) is 1. The highest BCUT2D eigenvalue weighted by molar-refractivity contribution is 6.36. The number of halogens is 2. The first-order chi connectivity index (χ1) is 12.6. The minimum atomic E-state index is -0.337. The average molecular weight is 390 g/mol. The van der Waals surface area contributed by atoms with Gasteiger partial charge in [-0.25, -0.2) is 4.79 Å². The van der Waals surface area contributed by atoms with Gasteiger partial charge in [0, 0.05) is 16.5 Å². The third-order valence-electron chi connectivity index (χ3n) is 4.55. The van der Waals surface area contributed by atoms with Gasteiger partial charge in [-0.15, -0.1) is 0 Å². The van der Waals surface area contributed by atoms with Gasteiger partial charge in [0.15, 0.2) is 6.73 Å². The van der Waals surface area contributed by atoms with Gasteiger partial charge >= 0.3 is 5.63 Å². The maximum Gasteiger partial charge on any atom is 0.336 e. The Hall–Kier alpha value is -2.17. The Kier molecular flexibility index (Phi) is 4.55. The van der Waals surface area contributed by atoms with Gasteiger partial charge < -0.3 is 14.1 Å². The van der Waals surface area contributed by atoms with Crippen molar-refractivity contribution in [2.75, 3.05) is 11.6 Å². The number of fused-ring (bicyclic) bond motifs is 3. The minimum Gasteiger partial charge on any atom is -0.473 e. The number of rotatable bonds is 3. The van der Waals surface area contributed by atoms with Crippen LogP contribution in [0.25, 0.3) is 11.0 Å². The van der Waals surface area contributed by atoms with Crippen molar-refractivity contribution in [3.05, 3.63) is 68.0 Å². The summed E-state index contributed by atoms with van der Waals surface area (Å²) in [4.78, 5) is 14.0. The Morgan fingerprint density at radius 1 is 1.15 bits per heavy atom. The Balaban J connectivity index is 1.82. The van der Waals surface area contributed by atoms with Crippen molar-refractivity contribution in [1.29, 1.82) is 0 Å². The zero-order valence-corrected chi connectivity index (χ0v) is 15.7. The van der Waals surface area contributed by atoms with E-state index >= 15 is 0 Å². The van der Waals surface area contributed by atoms with Gasteiger partial charge in [0.05, 0.1) is 22.8 Å². The molecule has 0 fully saturated rings. The number of hydrogen-bond acceptors (Lipinski definition) is 4. The zero-order chi connectivity index (χ0) is 18.3. The molecule has 26 heavy (non-hydrogen) atoms. The standard InChI is InChI=1S/C20H17Cl2NO3/c1-2-3-12-8-19(24)26-20-14(12)5-7-18-15(20)10-23(11-25-18)17-6-4-13(21)9-16(17)22/h4-9H,2-3,10-11H2,1H3. The third kappa shape index (κ3) is 3.04. The summed E-state index contributed by atoms with van der Waals surface area (Å²) in [6.45, 7) is 2.98. The van der Waals surface area contributed by atoms with Crippen LogP contribution in [0.4, 0.5) is 5.69 Å². The molecule has 1 aromatic heterocycles. The molecule has 0 amide bonds. The predicted octanol–water partition coefficient (Wildman–Crippen LogP) is 5.41. The summed E-state index contributed by atoms with van der Waals surface area (Å²) in [5, 5.41) is 2.09. The second kappa shape index (κ2) is 6.86. The molecule has 0 radical (unpaired) electrons. The number of nitrogens with zero attached hydrogens (tertiary/aromatic N) is 1. The summed E-state index contributed by atoms with van der Waals surface area (Å²) in [6, 6.07) is 10.8. The summed E-state index contributed by atoms with van der Waals surface area (Å²) < 4.78 is 11.5. The van der Waals surface area contributed by atoms with E-state index in [1.807, 2.05) is 23.1 Å². The van der Waals surface area contributed by atoms with Crippen LogP contribution in [0.3, 0.4) is 0 Å². The fourth-order valence-corrected chi connectivity index (χ4v) is 3.89. The van der Waals surface area contributed by atoms with Gasteiger partial charge in [-0.05, 0) is 42.3 Å². The lowest BCUT2D eigenvalue weighted by Gasteiger charge is -2.31. The smallest absolute Gasteiger partial charge is 0.336 e. The molecule has 134 valence electrons. The lowest BCUT2D eigenvalue weighted by molar-refractivity contribution is 0.289. The Bertz CT molecular complexity index is 1050. The molecule has 0 unspecified atom stereocenters. The van der Waals surface area contributed by atoms with Crippen LogP contribution in [0.5, 0.6) is 5.75 Å². The molecular weight excluding hydrogens is 373 g/mol. The van der Waals surface area contributed by atoms with E-state index in [4.69, 9.17) is 32.4 Å². The lowest BCUT2D eigenvalue weighted by Crippen LogP contribution is -2.32. The van der Waals surface area contributed by atoms with Crippen molar-refractivity contribution in [3.63, 3.8) is 0 Å². The van der Waals surface area contributed by atoms with Gasteiger partial charge in [-0.2, -0.15) is 0 Å². The van der Waals surface area contributed by atoms with Crippen LogP contribution in [0.2, 0.25) is 10.0 Å². The number of aryl methyl sites for hydroxylation is 1. The van der Waals surface area contributed by atoms with Crippen molar-refractivity contribution >= 4 is 39.9 Å². The fourth-order valence-electron chi connectivity index (χ4n) is 3.37. The second-order valence-corrected chi connectivity index (χ2v) is 7.17. The molecule has 0 N–H and O–H groups in total. The lowest BCUT2D eigenvalue weighted by atomic mass is 10.0. The van der Waals surface area contributed by atoms with Crippen molar-refractivity contribution < 1.29 is 9.15 Å². The molecule has 1 aliphatic heterocycles. The van der Waals surface area contributed by atoms with Crippen LogP contribution in [0.1, 0.15) is 24.5 Å². The summed E-state index contributed by atoms with van der Waals surface area (Å²) in [6.07, 6.45) is 1.78. The normalized spacial score (nSPS) is 13.6. The predicted molar refractivity (Wildman–Crippen MR) is 105 cm³/mol. The molecule has 2 aromatic carbocycles. The Labute approximate surface area is 160 Å². The monoisotopic (exact) mass is 389 g/mol. The SMILES string of the molecule is CCCc1cc(=O)oc2c3c(ccc12)OCN(c1ccc(Cl)cc1Cl)C3. The van der Waals surface area contributed by atoms with Crippen LogP contribution in [-0.4, -0.2) is 6.73 Å². The van der Waals surface area contributed by atoms with Gasteiger partial charge in [0.1, 0.15) is 11.3 Å². The first kappa shape index (κ1) is 17.3. The maximum absolute atomic E-state index is 12.1. The molecule has 1 aliphatic rings. The van der Waals surface area contributed by atoms with E-state index in [-0.39, 0.29) is 5.63 Å². The van der Waals surface area contributed by atoms with Crippen LogP contribution in [-0.2, 0) is 13.0 Å². The highest BCUT2D eigenvalue weighted by Gasteiger charge is 2.23. The van der Waals surface area contributed by atoms with Crippen molar-refractivity contribution in [2.45, 2.75) is 26.3 Å². The number of anilines is 1. The Morgan fingerprint density at radius 2 is 2.00 bits per heavy atom. The zero-order valence-electron chi connectivity index (χ0n) is 14.2. The molecule has 3 aromatic rings. The molecule has 0 aliphatic carbocycles. The largest absolute Gasteiger partial charge is 0.473 e. The quantitative estimate of drug-likeness (QED) is 0.561. The molecule has 2 heterocycles. The highest BCUT2D eigenvalue weighted by atomic mass is 35.5. The molecule has 4 rings (SSSR count). The second-order valence-electron chi connectivity index (χ2n) is 6.33. The van der Waals surface area contributed by atoms with Crippen LogP contribution < -0.4 is 15.3 Å². The van der Waals surface area contributed by atoms with Gasteiger partial charge in [0.25, 0.3) is 0 Å². The minimum absolute atomic E-state index is 0.337. The first-order valence-electron chi connectivity index (χ1n) is 8.48. The van der Waals surface area contributed by atoms with Crippen molar-refractivity contribution in [3.8, 4) is 5.75 Å². The fraction of sp³-hybridized carbons (Fsp3) is 0.250. The van der Waals surface area contributed by atoms with Gasteiger partial charge in [-0.1, -0.05) is 36.5 Å². The molecule has 0 atom stereocenters. The van der Waals surface area contributed by atoms with Crippen LogP contribution >= 0.6 is 23.2 Å². The van der Waals surface area contributed by atoms with E-state index in [0.29, 0.717) is 28.9 Å². The number of benzene rings is 2. The molecule has 0 spiro atoms. The topological polar surface area (TPSA) is 42.7 Å². The summed E-state index contributed by atoms with van der Waals surface area (Å²) in [5.41, 5.74) is 2.94. The molecule has 6 heteroatoms.